The van der Waals surface area contributed by atoms with E-state index in [4.69, 9.17) is 11.6 Å². The molecule has 4 rings (SSSR count). The van der Waals surface area contributed by atoms with Gasteiger partial charge in [0.25, 0.3) is 0 Å². The molecular formula is C20H16ClFN4S. The Morgan fingerprint density at radius 2 is 2.00 bits per heavy atom. The van der Waals surface area contributed by atoms with Crippen LogP contribution in [0.3, 0.4) is 0 Å². The number of rotatable bonds is 5. The number of thiophene rings is 1. The molecule has 2 N–H and O–H groups in total. The highest BCUT2D eigenvalue weighted by molar-refractivity contribution is 7.10. The Balaban J connectivity index is 1.76. The first-order chi connectivity index (χ1) is 13.2. The van der Waals surface area contributed by atoms with Gasteiger partial charge in [0, 0.05) is 16.0 Å². The van der Waals surface area contributed by atoms with E-state index in [0.717, 1.165) is 16.5 Å². The summed E-state index contributed by atoms with van der Waals surface area (Å²) in [6.45, 7) is 0. The van der Waals surface area contributed by atoms with Crippen LogP contribution in [0.15, 0.2) is 60.2 Å². The average molecular weight is 399 g/mol. The molecule has 0 aliphatic rings. The van der Waals surface area contributed by atoms with Gasteiger partial charge in [-0.25, -0.2) is 14.4 Å². The first-order valence-corrected chi connectivity index (χ1v) is 9.59. The third kappa shape index (κ3) is 3.64. The summed E-state index contributed by atoms with van der Waals surface area (Å²) < 4.78 is 13.4. The number of anilines is 2. The molecule has 0 spiro atoms. The molecule has 2 aromatic carbocycles. The van der Waals surface area contributed by atoms with E-state index in [1.807, 2.05) is 19.2 Å². The van der Waals surface area contributed by atoms with Crippen LogP contribution in [0.5, 0.6) is 0 Å². The van der Waals surface area contributed by atoms with Crippen LogP contribution >= 0.6 is 22.9 Å². The zero-order chi connectivity index (χ0) is 18.8. The Kier molecular flexibility index (Phi) is 5.03. The number of halogens is 2. The minimum absolute atomic E-state index is 0.0620. The molecule has 0 aliphatic heterocycles. The molecule has 4 nitrogen and oxygen atoms in total. The van der Waals surface area contributed by atoms with Crippen LogP contribution < -0.4 is 10.6 Å². The second-order valence-corrected chi connectivity index (χ2v) is 7.38. The van der Waals surface area contributed by atoms with Crippen LogP contribution in [0, 0.1) is 5.82 Å². The molecule has 4 aromatic rings. The van der Waals surface area contributed by atoms with Crippen molar-refractivity contribution in [3.05, 3.63) is 81.5 Å². The Hall–Kier alpha value is -2.54. The number of fused-ring (bicyclic) bond motifs is 1. The average Bonchev–Trinajstić information content (AvgIpc) is 3.20. The monoisotopic (exact) mass is 398 g/mol. The van der Waals surface area contributed by atoms with Gasteiger partial charge in [-0.1, -0.05) is 23.7 Å². The molecule has 27 heavy (non-hydrogen) atoms. The van der Waals surface area contributed by atoms with E-state index in [1.54, 1.807) is 17.4 Å². The van der Waals surface area contributed by atoms with Crippen molar-refractivity contribution in [3.8, 4) is 0 Å². The summed E-state index contributed by atoms with van der Waals surface area (Å²) in [5, 5.41) is 9.58. The first kappa shape index (κ1) is 17.9. The van der Waals surface area contributed by atoms with Crippen molar-refractivity contribution in [2.45, 2.75) is 6.04 Å². The number of aromatic nitrogens is 2. The smallest absolute Gasteiger partial charge is 0.141 e. The molecule has 0 aliphatic carbocycles. The number of hydrogen-bond acceptors (Lipinski definition) is 5. The summed E-state index contributed by atoms with van der Waals surface area (Å²) in [6.07, 6.45) is 1.50. The molecule has 0 amide bonds. The molecular weight excluding hydrogens is 383 g/mol. The highest BCUT2D eigenvalue weighted by Crippen LogP contribution is 2.31. The highest BCUT2D eigenvalue weighted by atomic mass is 35.5. The molecule has 0 unspecified atom stereocenters. The van der Waals surface area contributed by atoms with Crippen LogP contribution in [0.2, 0.25) is 5.02 Å². The summed E-state index contributed by atoms with van der Waals surface area (Å²) in [4.78, 5) is 9.95. The fourth-order valence-electron chi connectivity index (χ4n) is 2.99. The molecule has 7 heteroatoms. The van der Waals surface area contributed by atoms with Crippen LogP contribution in [0.1, 0.15) is 16.5 Å². The standard InChI is InChI=1S/C20H16ClFN4S/c1-23-19(18-3-2-8-27-18)12-4-7-17-14(9-12)20(25-11-24-17)26-13-5-6-16(22)15(21)10-13/h2-11,19,23H,1H3,(H,24,25,26)/t19-/m0/s1. The van der Waals surface area contributed by atoms with E-state index in [9.17, 15) is 4.39 Å². The van der Waals surface area contributed by atoms with Gasteiger partial charge in [-0.3, -0.25) is 0 Å². The fourth-order valence-corrected chi connectivity index (χ4v) is 4.03. The van der Waals surface area contributed by atoms with Crippen LogP contribution in [-0.2, 0) is 0 Å². The summed E-state index contributed by atoms with van der Waals surface area (Å²) in [5.74, 6) is 0.190. The maximum Gasteiger partial charge on any atom is 0.141 e. The number of hydrogen-bond donors (Lipinski definition) is 2. The largest absolute Gasteiger partial charge is 0.340 e. The van der Waals surface area contributed by atoms with Gasteiger partial charge in [-0.15, -0.1) is 11.3 Å². The summed E-state index contributed by atoms with van der Waals surface area (Å²) in [5.41, 5.74) is 2.60. The van der Waals surface area contributed by atoms with E-state index >= 15 is 0 Å². The molecule has 2 aromatic heterocycles. The number of nitrogens with one attached hydrogen (secondary N) is 2. The lowest BCUT2D eigenvalue weighted by atomic mass is 10.0. The molecule has 0 fully saturated rings. The van der Waals surface area contributed by atoms with Gasteiger partial charge < -0.3 is 10.6 Å². The molecule has 0 saturated carbocycles. The fraction of sp³-hybridized carbons (Fsp3) is 0.100. The van der Waals surface area contributed by atoms with E-state index < -0.39 is 5.82 Å². The lowest BCUT2D eigenvalue weighted by molar-refractivity contribution is 0.628. The zero-order valence-electron chi connectivity index (χ0n) is 14.4. The van der Waals surface area contributed by atoms with Crippen molar-refractivity contribution >= 4 is 45.3 Å². The SMILES string of the molecule is CN[C@@H](c1ccc2ncnc(Nc3ccc(F)c(Cl)c3)c2c1)c1cccs1. The van der Waals surface area contributed by atoms with E-state index in [2.05, 4.69) is 44.2 Å². The van der Waals surface area contributed by atoms with Crippen LogP contribution in [0.25, 0.3) is 10.9 Å². The topological polar surface area (TPSA) is 49.8 Å². The van der Waals surface area contributed by atoms with Gasteiger partial charge in [0.1, 0.15) is 18.0 Å². The van der Waals surface area contributed by atoms with E-state index in [1.165, 1.54) is 23.3 Å². The molecule has 1 atom stereocenters. The number of nitrogens with zero attached hydrogens (tertiary/aromatic N) is 2. The molecule has 2 heterocycles. The highest BCUT2D eigenvalue weighted by Gasteiger charge is 2.15. The van der Waals surface area contributed by atoms with Crippen LogP contribution in [-0.4, -0.2) is 17.0 Å². The minimum Gasteiger partial charge on any atom is -0.340 e. The summed E-state index contributed by atoms with van der Waals surface area (Å²) in [6, 6.07) is 14.8. The van der Waals surface area contributed by atoms with Gasteiger partial charge in [0.15, 0.2) is 0 Å². The third-order valence-corrected chi connectivity index (χ3v) is 5.52. The third-order valence-electron chi connectivity index (χ3n) is 4.29. The summed E-state index contributed by atoms with van der Waals surface area (Å²) in [7, 11) is 1.94. The van der Waals surface area contributed by atoms with Gasteiger partial charge in [-0.2, -0.15) is 0 Å². The zero-order valence-corrected chi connectivity index (χ0v) is 16.0. The number of benzene rings is 2. The molecule has 0 saturated heterocycles. The van der Waals surface area contributed by atoms with Crippen LogP contribution in [0.4, 0.5) is 15.9 Å². The van der Waals surface area contributed by atoms with Crippen molar-refractivity contribution in [1.82, 2.24) is 15.3 Å². The second-order valence-electron chi connectivity index (χ2n) is 5.99. The lowest BCUT2D eigenvalue weighted by Crippen LogP contribution is -2.16. The Morgan fingerprint density at radius 1 is 1.11 bits per heavy atom. The maximum atomic E-state index is 13.4. The first-order valence-electron chi connectivity index (χ1n) is 8.33. The van der Waals surface area contributed by atoms with Crippen molar-refractivity contribution in [3.63, 3.8) is 0 Å². The van der Waals surface area contributed by atoms with Gasteiger partial charge in [0.05, 0.1) is 16.6 Å². The van der Waals surface area contributed by atoms with E-state index in [-0.39, 0.29) is 11.1 Å². The second kappa shape index (κ2) is 7.60. The lowest BCUT2D eigenvalue weighted by Gasteiger charge is -2.16. The van der Waals surface area contributed by atoms with E-state index in [0.29, 0.717) is 11.5 Å². The Labute approximate surface area is 165 Å². The van der Waals surface area contributed by atoms with Crippen molar-refractivity contribution < 1.29 is 4.39 Å². The van der Waals surface area contributed by atoms with Gasteiger partial charge in [-0.05, 0) is 54.4 Å². The summed E-state index contributed by atoms with van der Waals surface area (Å²) >= 11 is 7.59. The van der Waals surface area contributed by atoms with Gasteiger partial charge >= 0.3 is 0 Å². The van der Waals surface area contributed by atoms with Gasteiger partial charge in [0.2, 0.25) is 0 Å². The molecule has 0 bridgehead atoms. The Morgan fingerprint density at radius 3 is 2.74 bits per heavy atom. The van der Waals surface area contributed by atoms with Crippen molar-refractivity contribution in [1.29, 1.82) is 0 Å². The minimum atomic E-state index is -0.454. The predicted octanol–water partition coefficient (Wildman–Crippen LogP) is 5.54. The van der Waals surface area contributed by atoms with Crippen molar-refractivity contribution in [2.75, 3.05) is 12.4 Å². The van der Waals surface area contributed by atoms with Crippen molar-refractivity contribution in [2.24, 2.45) is 0 Å². The Bertz CT molecular complexity index is 1080. The molecule has 0 radical (unpaired) electrons. The quantitative estimate of drug-likeness (QED) is 0.463. The molecule has 136 valence electrons. The normalized spacial score (nSPS) is 12.3. The maximum absolute atomic E-state index is 13.4. The predicted molar refractivity (Wildman–Crippen MR) is 109 cm³/mol.